The summed E-state index contributed by atoms with van der Waals surface area (Å²) in [5, 5.41) is 4.15. The molecule has 0 aliphatic carbocycles. The van der Waals surface area contributed by atoms with Gasteiger partial charge in [-0.25, -0.2) is 0 Å². The standard InChI is InChI=1S/C24H27N3O2/c1-15(2)22(26-23(28)17-8-6-7-16(3)13-17)24(29)27-12-11-21-19(14-27)18-9-4-5-10-20(18)25-21/h4-10,13,15,22,25H,11-12,14H2,1-3H3,(H,26,28)/t22-/m0/s1. The van der Waals surface area contributed by atoms with Crippen LogP contribution in [0, 0.1) is 12.8 Å². The molecule has 0 radical (unpaired) electrons. The van der Waals surface area contributed by atoms with Gasteiger partial charge in [-0.05, 0) is 31.0 Å². The van der Waals surface area contributed by atoms with Crippen molar-refractivity contribution in [3.8, 4) is 0 Å². The lowest BCUT2D eigenvalue weighted by molar-refractivity contribution is -0.135. The molecule has 29 heavy (non-hydrogen) atoms. The summed E-state index contributed by atoms with van der Waals surface area (Å²) in [6, 6.07) is 15.1. The number of nitrogens with one attached hydrogen (secondary N) is 2. The van der Waals surface area contributed by atoms with Crippen LogP contribution in [-0.4, -0.2) is 34.3 Å². The van der Waals surface area contributed by atoms with Gasteiger partial charge in [0.05, 0.1) is 0 Å². The third kappa shape index (κ3) is 3.77. The fourth-order valence-electron chi connectivity index (χ4n) is 4.08. The Morgan fingerprint density at radius 3 is 2.66 bits per heavy atom. The normalized spacial score (nSPS) is 14.7. The van der Waals surface area contributed by atoms with E-state index in [0.717, 1.165) is 17.5 Å². The molecule has 0 saturated heterocycles. The number of H-pyrrole nitrogens is 1. The summed E-state index contributed by atoms with van der Waals surface area (Å²) in [6.07, 6.45) is 0.798. The van der Waals surface area contributed by atoms with Crippen LogP contribution in [0.2, 0.25) is 0 Å². The molecule has 0 unspecified atom stereocenters. The van der Waals surface area contributed by atoms with E-state index in [1.807, 2.05) is 56.0 Å². The summed E-state index contributed by atoms with van der Waals surface area (Å²) in [5.74, 6) is -0.219. The molecule has 4 rings (SSSR count). The molecule has 2 amide bonds. The molecule has 0 saturated carbocycles. The molecule has 2 N–H and O–H groups in total. The van der Waals surface area contributed by atoms with Crippen LogP contribution in [0.25, 0.3) is 10.9 Å². The molecule has 0 bridgehead atoms. The fourth-order valence-corrected chi connectivity index (χ4v) is 4.08. The van der Waals surface area contributed by atoms with E-state index in [1.165, 1.54) is 16.6 Å². The number of carbonyl (C=O) groups is 2. The van der Waals surface area contributed by atoms with E-state index in [9.17, 15) is 9.59 Å². The first-order valence-electron chi connectivity index (χ1n) is 10.2. The van der Waals surface area contributed by atoms with Gasteiger partial charge in [0.1, 0.15) is 6.04 Å². The van der Waals surface area contributed by atoms with Crippen molar-refractivity contribution < 1.29 is 9.59 Å². The third-order valence-corrected chi connectivity index (χ3v) is 5.69. The topological polar surface area (TPSA) is 65.2 Å². The number of carbonyl (C=O) groups excluding carboxylic acids is 2. The van der Waals surface area contributed by atoms with Crippen molar-refractivity contribution in [1.82, 2.24) is 15.2 Å². The molecule has 1 aliphatic heterocycles. The molecule has 5 heteroatoms. The van der Waals surface area contributed by atoms with Crippen LogP contribution in [-0.2, 0) is 17.8 Å². The number of hydrogen-bond donors (Lipinski definition) is 2. The lowest BCUT2D eigenvalue weighted by Crippen LogP contribution is -2.52. The molecule has 0 spiro atoms. The highest BCUT2D eigenvalue weighted by Crippen LogP contribution is 2.28. The number of aromatic nitrogens is 1. The van der Waals surface area contributed by atoms with Crippen molar-refractivity contribution in [2.45, 2.75) is 39.8 Å². The largest absolute Gasteiger partial charge is 0.358 e. The minimum atomic E-state index is -0.547. The van der Waals surface area contributed by atoms with E-state index in [0.29, 0.717) is 18.7 Å². The van der Waals surface area contributed by atoms with Crippen molar-refractivity contribution in [2.24, 2.45) is 5.92 Å². The highest BCUT2D eigenvalue weighted by molar-refractivity contribution is 5.98. The predicted octanol–water partition coefficient (Wildman–Crippen LogP) is 3.82. The minimum Gasteiger partial charge on any atom is -0.358 e. The molecular weight excluding hydrogens is 362 g/mol. The summed E-state index contributed by atoms with van der Waals surface area (Å²) in [5.41, 5.74) is 5.11. The first-order chi connectivity index (χ1) is 13.9. The minimum absolute atomic E-state index is 0.000579. The van der Waals surface area contributed by atoms with Gasteiger partial charge in [0.25, 0.3) is 5.91 Å². The van der Waals surface area contributed by atoms with E-state index in [1.54, 1.807) is 6.07 Å². The summed E-state index contributed by atoms with van der Waals surface area (Å²) < 4.78 is 0. The zero-order valence-corrected chi connectivity index (χ0v) is 17.2. The molecule has 1 atom stereocenters. The summed E-state index contributed by atoms with van der Waals surface area (Å²) in [4.78, 5) is 31.4. The Bertz CT molecular complexity index is 1070. The number of para-hydroxylation sites is 1. The predicted molar refractivity (Wildman–Crippen MR) is 115 cm³/mol. The number of rotatable bonds is 4. The Kier molecular flexibility index (Phi) is 5.14. The van der Waals surface area contributed by atoms with Gasteiger partial charge in [-0.1, -0.05) is 49.7 Å². The van der Waals surface area contributed by atoms with E-state index >= 15 is 0 Å². The van der Waals surface area contributed by atoms with E-state index in [-0.39, 0.29) is 17.7 Å². The second-order valence-electron chi connectivity index (χ2n) is 8.20. The van der Waals surface area contributed by atoms with Crippen LogP contribution in [0.1, 0.15) is 41.0 Å². The smallest absolute Gasteiger partial charge is 0.251 e. The Balaban J connectivity index is 1.54. The zero-order valence-electron chi connectivity index (χ0n) is 17.2. The Hall–Kier alpha value is -3.08. The number of hydrogen-bond acceptors (Lipinski definition) is 2. The van der Waals surface area contributed by atoms with E-state index in [4.69, 9.17) is 0 Å². The van der Waals surface area contributed by atoms with Crippen LogP contribution < -0.4 is 5.32 Å². The van der Waals surface area contributed by atoms with Gasteiger partial charge in [-0.15, -0.1) is 0 Å². The number of aryl methyl sites for hydroxylation is 1. The maximum atomic E-state index is 13.3. The molecule has 150 valence electrons. The highest BCUT2D eigenvalue weighted by atomic mass is 16.2. The monoisotopic (exact) mass is 389 g/mol. The quantitative estimate of drug-likeness (QED) is 0.713. The first kappa shape index (κ1) is 19.2. The van der Waals surface area contributed by atoms with E-state index in [2.05, 4.69) is 22.4 Å². The number of amides is 2. The van der Waals surface area contributed by atoms with Gasteiger partial charge in [-0.2, -0.15) is 0 Å². The van der Waals surface area contributed by atoms with Crippen LogP contribution >= 0.6 is 0 Å². The fraction of sp³-hybridized carbons (Fsp3) is 0.333. The van der Waals surface area contributed by atoms with Gasteiger partial charge >= 0.3 is 0 Å². The molecular formula is C24H27N3O2. The van der Waals surface area contributed by atoms with Gasteiger partial charge in [0.15, 0.2) is 0 Å². The van der Waals surface area contributed by atoms with Gasteiger partial charge in [0.2, 0.25) is 5.91 Å². The zero-order chi connectivity index (χ0) is 20.5. The second kappa shape index (κ2) is 7.74. The molecule has 1 aliphatic rings. The maximum Gasteiger partial charge on any atom is 0.251 e. The van der Waals surface area contributed by atoms with Crippen molar-refractivity contribution in [1.29, 1.82) is 0 Å². The Labute approximate surface area is 171 Å². The Morgan fingerprint density at radius 1 is 1.10 bits per heavy atom. The van der Waals surface area contributed by atoms with Gasteiger partial charge < -0.3 is 15.2 Å². The average Bonchev–Trinajstić information content (AvgIpc) is 3.09. The number of benzene rings is 2. The second-order valence-corrected chi connectivity index (χ2v) is 8.20. The average molecular weight is 389 g/mol. The number of nitrogens with zero attached hydrogens (tertiary/aromatic N) is 1. The van der Waals surface area contributed by atoms with Gasteiger partial charge in [0, 0.05) is 47.2 Å². The summed E-state index contributed by atoms with van der Waals surface area (Å²) >= 11 is 0. The van der Waals surface area contributed by atoms with Crippen LogP contribution in [0.3, 0.4) is 0 Å². The molecule has 2 aromatic carbocycles. The summed E-state index contributed by atoms with van der Waals surface area (Å²) in [7, 11) is 0. The SMILES string of the molecule is Cc1cccc(C(=O)N[C@H](C(=O)N2CCc3[nH]c4ccccc4c3C2)C(C)C)c1. The maximum absolute atomic E-state index is 13.3. The lowest BCUT2D eigenvalue weighted by atomic mass is 9.99. The van der Waals surface area contributed by atoms with Crippen LogP contribution in [0.5, 0.6) is 0 Å². The number of fused-ring (bicyclic) bond motifs is 3. The number of aromatic amines is 1. The molecule has 2 heterocycles. The van der Waals surface area contributed by atoms with Crippen LogP contribution in [0.15, 0.2) is 48.5 Å². The molecule has 3 aromatic rings. The van der Waals surface area contributed by atoms with Crippen molar-refractivity contribution >= 4 is 22.7 Å². The van der Waals surface area contributed by atoms with Gasteiger partial charge in [-0.3, -0.25) is 9.59 Å². The highest BCUT2D eigenvalue weighted by Gasteiger charge is 2.32. The van der Waals surface area contributed by atoms with Crippen LogP contribution in [0.4, 0.5) is 0 Å². The third-order valence-electron chi connectivity index (χ3n) is 5.69. The van der Waals surface area contributed by atoms with Crippen molar-refractivity contribution in [3.63, 3.8) is 0 Å². The molecule has 1 aromatic heterocycles. The first-order valence-corrected chi connectivity index (χ1v) is 10.2. The van der Waals surface area contributed by atoms with Crippen molar-refractivity contribution in [3.05, 3.63) is 70.9 Å². The molecule has 0 fully saturated rings. The Morgan fingerprint density at radius 2 is 1.90 bits per heavy atom. The van der Waals surface area contributed by atoms with Crippen molar-refractivity contribution in [2.75, 3.05) is 6.54 Å². The van der Waals surface area contributed by atoms with E-state index < -0.39 is 6.04 Å². The summed E-state index contributed by atoms with van der Waals surface area (Å²) in [6.45, 7) is 7.12. The lowest BCUT2D eigenvalue weighted by Gasteiger charge is -2.32. The molecule has 5 nitrogen and oxygen atoms in total.